The van der Waals surface area contributed by atoms with Crippen molar-refractivity contribution in [3.63, 3.8) is 0 Å². The van der Waals surface area contributed by atoms with Crippen LogP contribution in [0.2, 0.25) is 5.02 Å². The van der Waals surface area contributed by atoms with Gasteiger partial charge in [0, 0.05) is 6.20 Å². The van der Waals surface area contributed by atoms with Crippen molar-refractivity contribution in [1.82, 2.24) is 4.98 Å². The second-order valence-electron chi connectivity index (χ2n) is 2.35. The van der Waals surface area contributed by atoms with Crippen molar-refractivity contribution in [1.29, 1.82) is 0 Å². The first-order chi connectivity index (χ1) is 6.45. The zero-order valence-electron chi connectivity index (χ0n) is 6.60. The number of pyridine rings is 1. The van der Waals surface area contributed by atoms with Crippen molar-refractivity contribution in [3.8, 4) is 0 Å². The second-order valence-corrected chi connectivity index (χ2v) is 3.10. The topological polar surface area (TPSA) is 56.0 Å². The molecular formula is C7H4Cl2F2N2O. The summed E-state index contributed by atoms with van der Waals surface area (Å²) in [5, 5.41) is -1.14. The number of alkyl halides is 2. The molecule has 2 N–H and O–H groups in total. The van der Waals surface area contributed by atoms with Crippen molar-refractivity contribution in [2.75, 3.05) is 5.73 Å². The van der Waals surface area contributed by atoms with Gasteiger partial charge in [0.2, 0.25) is 0 Å². The van der Waals surface area contributed by atoms with E-state index in [1.165, 1.54) is 0 Å². The summed E-state index contributed by atoms with van der Waals surface area (Å²) in [4.78, 5) is 14.1. The number of anilines is 1. The number of carbonyl (C=O) groups is 1. The molecule has 0 bridgehead atoms. The Bertz CT molecular complexity index is 384. The van der Waals surface area contributed by atoms with E-state index >= 15 is 0 Å². The first-order valence-corrected chi connectivity index (χ1v) is 4.12. The van der Waals surface area contributed by atoms with Crippen LogP contribution in [0.25, 0.3) is 0 Å². The molecule has 0 unspecified atom stereocenters. The third-order valence-electron chi connectivity index (χ3n) is 1.50. The van der Waals surface area contributed by atoms with E-state index < -0.39 is 23.0 Å². The van der Waals surface area contributed by atoms with Crippen LogP contribution in [0.15, 0.2) is 6.20 Å². The molecule has 0 atom stereocenters. The molecule has 0 aliphatic carbocycles. The molecule has 0 fully saturated rings. The zero-order chi connectivity index (χ0) is 10.9. The first kappa shape index (κ1) is 11.1. The highest BCUT2D eigenvalue weighted by Crippen LogP contribution is 2.30. The van der Waals surface area contributed by atoms with Gasteiger partial charge in [-0.1, -0.05) is 11.6 Å². The average molecular weight is 241 g/mol. The summed E-state index contributed by atoms with van der Waals surface area (Å²) in [6, 6.07) is 0. The molecule has 0 aromatic carbocycles. The predicted octanol–water partition coefficient (Wildman–Crippen LogP) is 2.63. The minimum atomic E-state index is -2.87. The SMILES string of the molecule is Nc1c(C(F)F)ncc(Cl)c1C(=O)Cl. The van der Waals surface area contributed by atoms with Gasteiger partial charge in [0.15, 0.2) is 0 Å². The molecule has 3 nitrogen and oxygen atoms in total. The minimum absolute atomic E-state index is 0.146. The van der Waals surface area contributed by atoms with Gasteiger partial charge in [0.05, 0.1) is 16.3 Å². The van der Waals surface area contributed by atoms with Crippen LogP contribution < -0.4 is 5.73 Å². The number of nitrogens with two attached hydrogens (primary N) is 1. The maximum atomic E-state index is 12.3. The number of rotatable bonds is 2. The van der Waals surface area contributed by atoms with E-state index in [-0.39, 0.29) is 10.6 Å². The Hall–Kier alpha value is -0.940. The van der Waals surface area contributed by atoms with E-state index in [0.29, 0.717) is 0 Å². The van der Waals surface area contributed by atoms with Gasteiger partial charge in [-0.15, -0.1) is 0 Å². The summed E-state index contributed by atoms with van der Waals surface area (Å²) in [5.74, 6) is 0. The van der Waals surface area contributed by atoms with Crippen LogP contribution in [-0.2, 0) is 0 Å². The van der Waals surface area contributed by atoms with Crippen molar-refractivity contribution in [2.24, 2.45) is 0 Å². The van der Waals surface area contributed by atoms with E-state index in [0.717, 1.165) is 6.20 Å². The highest BCUT2D eigenvalue weighted by molar-refractivity contribution is 6.69. The van der Waals surface area contributed by atoms with Crippen molar-refractivity contribution in [2.45, 2.75) is 6.43 Å². The molecule has 1 heterocycles. The lowest BCUT2D eigenvalue weighted by Crippen LogP contribution is -2.06. The Kier molecular flexibility index (Phi) is 3.23. The lowest BCUT2D eigenvalue weighted by atomic mass is 10.2. The van der Waals surface area contributed by atoms with E-state index in [2.05, 4.69) is 4.98 Å². The van der Waals surface area contributed by atoms with Crippen LogP contribution in [0.4, 0.5) is 14.5 Å². The lowest BCUT2D eigenvalue weighted by molar-refractivity contribution is 0.108. The largest absolute Gasteiger partial charge is 0.396 e. The van der Waals surface area contributed by atoms with Crippen molar-refractivity contribution >= 4 is 34.1 Å². The normalized spacial score (nSPS) is 10.6. The summed E-state index contributed by atoms with van der Waals surface area (Å²) < 4.78 is 24.5. The van der Waals surface area contributed by atoms with E-state index in [4.69, 9.17) is 28.9 Å². The molecule has 76 valence electrons. The fourth-order valence-corrected chi connectivity index (χ4v) is 1.38. The monoisotopic (exact) mass is 240 g/mol. The van der Waals surface area contributed by atoms with Crippen LogP contribution in [0.5, 0.6) is 0 Å². The van der Waals surface area contributed by atoms with Gasteiger partial charge < -0.3 is 5.73 Å². The van der Waals surface area contributed by atoms with Crippen LogP contribution in [-0.4, -0.2) is 10.2 Å². The molecule has 0 spiro atoms. The molecule has 0 saturated heterocycles. The van der Waals surface area contributed by atoms with Gasteiger partial charge >= 0.3 is 0 Å². The smallest absolute Gasteiger partial charge is 0.282 e. The number of nitrogen functional groups attached to an aromatic ring is 1. The molecule has 14 heavy (non-hydrogen) atoms. The summed E-state index contributed by atoms with van der Waals surface area (Å²) in [6.45, 7) is 0. The minimum Gasteiger partial charge on any atom is -0.396 e. The number of hydrogen-bond donors (Lipinski definition) is 1. The molecule has 0 saturated carbocycles. The Morgan fingerprint density at radius 1 is 1.57 bits per heavy atom. The van der Waals surface area contributed by atoms with Gasteiger partial charge in [0.25, 0.3) is 11.7 Å². The molecule has 1 aromatic heterocycles. The van der Waals surface area contributed by atoms with Crippen LogP contribution >= 0.6 is 23.2 Å². The molecule has 1 aromatic rings. The Labute approximate surface area is 87.8 Å². The number of halogens is 4. The number of nitrogens with zero attached hydrogens (tertiary/aromatic N) is 1. The fourth-order valence-electron chi connectivity index (χ4n) is 0.891. The maximum absolute atomic E-state index is 12.3. The standard InChI is InChI=1S/C7H4Cl2F2N2O/c8-2-1-13-5(7(10)11)4(12)3(2)6(9)14/h1,7H,12H2. The van der Waals surface area contributed by atoms with Gasteiger partial charge in [0.1, 0.15) is 5.69 Å². The lowest BCUT2D eigenvalue weighted by Gasteiger charge is -2.07. The molecule has 0 radical (unpaired) electrons. The van der Waals surface area contributed by atoms with Gasteiger partial charge in [-0.05, 0) is 11.6 Å². The fraction of sp³-hybridized carbons (Fsp3) is 0.143. The number of aromatic nitrogens is 1. The molecule has 0 aliphatic rings. The summed E-state index contributed by atoms with van der Waals surface area (Å²) in [7, 11) is 0. The average Bonchev–Trinajstić information content (AvgIpc) is 2.02. The summed E-state index contributed by atoms with van der Waals surface area (Å²) >= 11 is 10.6. The Morgan fingerprint density at radius 3 is 2.57 bits per heavy atom. The highest BCUT2D eigenvalue weighted by Gasteiger charge is 2.21. The van der Waals surface area contributed by atoms with Gasteiger partial charge in [-0.2, -0.15) is 0 Å². The third kappa shape index (κ3) is 1.93. The Balaban J connectivity index is 3.41. The third-order valence-corrected chi connectivity index (χ3v) is 1.98. The highest BCUT2D eigenvalue weighted by atomic mass is 35.5. The zero-order valence-corrected chi connectivity index (χ0v) is 8.11. The van der Waals surface area contributed by atoms with Crippen LogP contribution in [0, 0.1) is 0 Å². The number of carbonyl (C=O) groups excluding carboxylic acids is 1. The molecule has 1 rings (SSSR count). The van der Waals surface area contributed by atoms with Crippen molar-refractivity contribution in [3.05, 3.63) is 22.5 Å². The second kappa shape index (κ2) is 4.06. The van der Waals surface area contributed by atoms with Crippen LogP contribution in [0.1, 0.15) is 22.5 Å². The molecule has 0 aliphatic heterocycles. The number of hydrogen-bond acceptors (Lipinski definition) is 3. The summed E-state index contributed by atoms with van der Waals surface area (Å²) in [5.41, 5.74) is 3.74. The van der Waals surface area contributed by atoms with Gasteiger partial charge in [-0.3, -0.25) is 9.78 Å². The predicted molar refractivity (Wildman–Crippen MR) is 48.8 cm³/mol. The van der Waals surface area contributed by atoms with Crippen LogP contribution in [0.3, 0.4) is 0 Å². The molecule has 0 amide bonds. The van der Waals surface area contributed by atoms with Crippen molar-refractivity contribution < 1.29 is 13.6 Å². The molecular weight excluding hydrogens is 237 g/mol. The Morgan fingerprint density at radius 2 is 2.14 bits per heavy atom. The van der Waals surface area contributed by atoms with E-state index in [9.17, 15) is 13.6 Å². The maximum Gasteiger partial charge on any atom is 0.282 e. The summed E-state index contributed by atoms with van der Waals surface area (Å²) in [6.07, 6.45) is -1.96. The quantitative estimate of drug-likeness (QED) is 0.809. The molecule has 7 heteroatoms. The first-order valence-electron chi connectivity index (χ1n) is 3.37. The van der Waals surface area contributed by atoms with E-state index in [1.807, 2.05) is 0 Å². The van der Waals surface area contributed by atoms with Gasteiger partial charge in [-0.25, -0.2) is 8.78 Å². The van der Waals surface area contributed by atoms with E-state index in [1.54, 1.807) is 0 Å².